The molecule has 0 unspecified atom stereocenters. The smallest absolute Gasteiger partial charge is 0.226 e. The summed E-state index contributed by atoms with van der Waals surface area (Å²) in [4.78, 5) is 16.6. The van der Waals surface area contributed by atoms with Crippen molar-refractivity contribution in [3.8, 4) is 5.75 Å². The second-order valence-corrected chi connectivity index (χ2v) is 7.89. The molecule has 0 saturated heterocycles. The maximum atomic E-state index is 12.1. The van der Waals surface area contributed by atoms with Gasteiger partial charge in [0.25, 0.3) is 0 Å². The number of amides is 1. The number of carbonyl (C=O) groups excluding carboxylic acids is 1. The first-order valence-electron chi connectivity index (χ1n) is 8.61. The Morgan fingerprint density at radius 1 is 1.38 bits per heavy atom. The Kier molecular flexibility index (Phi) is 4.27. The van der Waals surface area contributed by atoms with Crippen LogP contribution in [0.5, 0.6) is 5.75 Å². The van der Waals surface area contributed by atoms with Crippen molar-refractivity contribution in [1.29, 1.82) is 0 Å². The Hall–Kier alpha value is -1.88. The van der Waals surface area contributed by atoms with Crippen LogP contribution in [0.3, 0.4) is 0 Å². The summed E-state index contributed by atoms with van der Waals surface area (Å²) in [6, 6.07) is 9.70. The molecule has 1 aromatic carbocycles. The number of hydrogen-bond donors (Lipinski definition) is 1. The first kappa shape index (κ1) is 15.6. The first-order valence-corrected chi connectivity index (χ1v) is 9.49. The van der Waals surface area contributed by atoms with Crippen molar-refractivity contribution in [1.82, 2.24) is 10.3 Å². The number of rotatable bonds is 7. The predicted molar refractivity (Wildman–Crippen MR) is 94.0 cm³/mol. The molecule has 1 N–H and O–H groups in total. The predicted octanol–water partition coefficient (Wildman–Crippen LogP) is 3.57. The van der Waals surface area contributed by atoms with E-state index in [0.717, 1.165) is 28.9 Å². The molecule has 0 aliphatic heterocycles. The van der Waals surface area contributed by atoms with E-state index in [4.69, 9.17) is 4.74 Å². The number of nitrogens with one attached hydrogen (secondary N) is 1. The molecule has 0 spiro atoms. The fourth-order valence-electron chi connectivity index (χ4n) is 3.81. The van der Waals surface area contributed by atoms with Crippen LogP contribution in [-0.4, -0.2) is 17.4 Å². The Balaban J connectivity index is 1.23. The van der Waals surface area contributed by atoms with Gasteiger partial charge in [0.2, 0.25) is 5.91 Å². The van der Waals surface area contributed by atoms with Crippen LogP contribution in [0.2, 0.25) is 0 Å². The highest BCUT2D eigenvalue weighted by atomic mass is 32.1. The first-order chi connectivity index (χ1) is 11.7. The van der Waals surface area contributed by atoms with Crippen molar-refractivity contribution in [3.05, 3.63) is 46.4 Å². The lowest BCUT2D eigenvalue weighted by Crippen LogP contribution is -2.31. The lowest BCUT2D eigenvalue weighted by atomic mass is 10.0. The van der Waals surface area contributed by atoms with Crippen molar-refractivity contribution in [2.24, 2.45) is 11.3 Å². The monoisotopic (exact) mass is 342 g/mol. The molecule has 126 valence electrons. The standard InChI is InChI=1S/C19H22N2O2S/c22-17(20-13-19-8-4-5-14(19)10-19)9-15-12-24-18(21-15)11-23-16-6-2-1-3-7-16/h1-3,6-7,12,14H,4-5,8-11,13H2,(H,20,22)/t14-,19+/m1/s1. The summed E-state index contributed by atoms with van der Waals surface area (Å²) in [6.45, 7) is 1.30. The molecule has 4 rings (SSSR count). The molecule has 2 fully saturated rings. The van der Waals surface area contributed by atoms with Crippen molar-refractivity contribution in [2.45, 2.75) is 38.7 Å². The Morgan fingerprint density at radius 2 is 2.25 bits per heavy atom. The van der Waals surface area contributed by atoms with E-state index >= 15 is 0 Å². The minimum atomic E-state index is 0.0859. The van der Waals surface area contributed by atoms with Crippen LogP contribution < -0.4 is 10.1 Å². The number of fused-ring (bicyclic) bond motifs is 1. The van der Waals surface area contributed by atoms with Crippen LogP contribution in [0.25, 0.3) is 0 Å². The fourth-order valence-corrected chi connectivity index (χ4v) is 4.52. The molecule has 2 aliphatic rings. The molecule has 2 atom stereocenters. The molecule has 2 saturated carbocycles. The second kappa shape index (κ2) is 6.55. The molecule has 4 nitrogen and oxygen atoms in total. The van der Waals surface area contributed by atoms with Gasteiger partial charge in [-0.05, 0) is 42.7 Å². The van der Waals surface area contributed by atoms with Crippen LogP contribution in [0, 0.1) is 11.3 Å². The van der Waals surface area contributed by atoms with Gasteiger partial charge in [-0.2, -0.15) is 0 Å². The van der Waals surface area contributed by atoms with Crippen molar-refractivity contribution in [3.63, 3.8) is 0 Å². The number of aromatic nitrogens is 1. The average Bonchev–Trinajstić information content (AvgIpc) is 2.94. The highest BCUT2D eigenvalue weighted by molar-refractivity contribution is 7.09. The van der Waals surface area contributed by atoms with Crippen molar-refractivity contribution in [2.75, 3.05) is 6.54 Å². The van der Waals surface area contributed by atoms with Gasteiger partial charge in [-0.3, -0.25) is 4.79 Å². The van der Waals surface area contributed by atoms with Gasteiger partial charge in [0.15, 0.2) is 0 Å². The molecule has 2 aliphatic carbocycles. The van der Waals surface area contributed by atoms with Gasteiger partial charge in [0.1, 0.15) is 17.4 Å². The highest BCUT2D eigenvalue weighted by Crippen LogP contribution is 2.63. The molecule has 24 heavy (non-hydrogen) atoms. The number of nitrogens with zero attached hydrogens (tertiary/aromatic N) is 1. The molecule has 1 amide bonds. The van der Waals surface area contributed by atoms with E-state index in [1.165, 1.54) is 25.7 Å². The van der Waals surface area contributed by atoms with E-state index in [0.29, 0.717) is 18.4 Å². The quantitative estimate of drug-likeness (QED) is 0.837. The fraction of sp³-hybridized carbons (Fsp3) is 0.474. The topological polar surface area (TPSA) is 51.2 Å². The van der Waals surface area contributed by atoms with Crippen LogP contribution in [0.1, 0.15) is 36.4 Å². The van der Waals surface area contributed by atoms with E-state index < -0.39 is 0 Å². The third-order valence-electron chi connectivity index (χ3n) is 5.27. The van der Waals surface area contributed by atoms with E-state index in [-0.39, 0.29) is 5.91 Å². The van der Waals surface area contributed by atoms with Gasteiger partial charge >= 0.3 is 0 Å². The summed E-state index contributed by atoms with van der Waals surface area (Å²) >= 11 is 1.55. The normalized spacial score (nSPS) is 24.4. The second-order valence-electron chi connectivity index (χ2n) is 6.94. The van der Waals surface area contributed by atoms with E-state index in [1.807, 2.05) is 35.7 Å². The molecule has 2 aromatic rings. The lowest BCUT2D eigenvalue weighted by molar-refractivity contribution is -0.120. The van der Waals surface area contributed by atoms with Gasteiger partial charge in [-0.15, -0.1) is 11.3 Å². The van der Waals surface area contributed by atoms with Gasteiger partial charge in [-0.1, -0.05) is 24.6 Å². The average molecular weight is 342 g/mol. The van der Waals surface area contributed by atoms with E-state index in [9.17, 15) is 4.79 Å². The Labute approximate surface area is 146 Å². The zero-order chi connectivity index (χ0) is 16.4. The van der Waals surface area contributed by atoms with Crippen LogP contribution >= 0.6 is 11.3 Å². The molecule has 5 heteroatoms. The Bertz CT molecular complexity index is 715. The van der Waals surface area contributed by atoms with Gasteiger partial charge in [0.05, 0.1) is 12.1 Å². The zero-order valence-corrected chi connectivity index (χ0v) is 14.5. The summed E-state index contributed by atoms with van der Waals surface area (Å²) in [5.74, 6) is 1.79. The molecule has 1 aromatic heterocycles. The molecule has 0 radical (unpaired) electrons. The van der Waals surface area contributed by atoms with Crippen LogP contribution in [0.4, 0.5) is 0 Å². The molecular weight excluding hydrogens is 320 g/mol. The third-order valence-corrected chi connectivity index (χ3v) is 6.14. The number of para-hydroxylation sites is 1. The lowest BCUT2D eigenvalue weighted by Gasteiger charge is -2.12. The zero-order valence-electron chi connectivity index (χ0n) is 13.7. The maximum Gasteiger partial charge on any atom is 0.226 e. The van der Waals surface area contributed by atoms with Crippen molar-refractivity contribution < 1.29 is 9.53 Å². The van der Waals surface area contributed by atoms with E-state index in [2.05, 4.69) is 10.3 Å². The summed E-state index contributed by atoms with van der Waals surface area (Å²) in [7, 11) is 0. The van der Waals surface area contributed by atoms with E-state index in [1.54, 1.807) is 11.3 Å². The van der Waals surface area contributed by atoms with Gasteiger partial charge < -0.3 is 10.1 Å². The van der Waals surface area contributed by atoms with Crippen LogP contribution in [-0.2, 0) is 17.8 Å². The van der Waals surface area contributed by atoms with Gasteiger partial charge in [-0.25, -0.2) is 4.98 Å². The number of thiazole rings is 1. The summed E-state index contributed by atoms with van der Waals surface area (Å²) in [5, 5.41) is 5.97. The largest absolute Gasteiger partial charge is 0.486 e. The summed E-state index contributed by atoms with van der Waals surface area (Å²) in [5.41, 5.74) is 1.28. The third kappa shape index (κ3) is 3.46. The molecule has 0 bridgehead atoms. The SMILES string of the molecule is O=C(Cc1csc(COc2ccccc2)n1)NC[C@@]12CCC[C@@H]1C2. The summed E-state index contributed by atoms with van der Waals surface area (Å²) in [6.07, 6.45) is 5.65. The number of benzene rings is 1. The molecular formula is C19H22N2O2S. The number of carbonyl (C=O) groups is 1. The minimum Gasteiger partial charge on any atom is -0.486 e. The van der Waals surface area contributed by atoms with Crippen molar-refractivity contribution >= 4 is 17.2 Å². The highest BCUT2D eigenvalue weighted by Gasteiger charge is 2.56. The number of hydrogen-bond acceptors (Lipinski definition) is 4. The van der Waals surface area contributed by atoms with Crippen LogP contribution in [0.15, 0.2) is 35.7 Å². The molecule has 1 heterocycles. The Morgan fingerprint density at radius 3 is 3.00 bits per heavy atom. The minimum absolute atomic E-state index is 0.0859. The number of ether oxygens (including phenoxy) is 1. The maximum absolute atomic E-state index is 12.1. The summed E-state index contributed by atoms with van der Waals surface area (Å²) < 4.78 is 5.69. The van der Waals surface area contributed by atoms with Gasteiger partial charge in [0, 0.05) is 11.9 Å².